The van der Waals surface area contributed by atoms with E-state index in [0.717, 1.165) is 23.9 Å². The van der Waals surface area contributed by atoms with Gasteiger partial charge < -0.3 is 10.2 Å². The molecule has 0 fully saturated rings. The molecule has 1 heterocycles. The van der Waals surface area contributed by atoms with Gasteiger partial charge in [0, 0.05) is 31.1 Å². The van der Waals surface area contributed by atoms with Gasteiger partial charge in [-0.05, 0) is 48.5 Å². The number of benzene rings is 1. The number of hydrogen-bond acceptors (Lipinski definition) is 5. The van der Waals surface area contributed by atoms with Crippen molar-refractivity contribution in [2.24, 2.45) is 17.3 Å². The van der Waals surface area contributed by atoms with Gasteiger partial charge in [0.2, 0.25) is 5.91 Å². The molecule has 122 valence electrons. The summed E-state index contributed by atoms with van der Waals surface area (Å²) in [6.07, 6.45) is 1.93. The number of carbonyl (C=O) groups excluding carboxylic acids is 1. The van der Waals surface area contributed by atoms with Crippen molar-refractivity contribution in [3.63, 3.8) is 0 Å². The van der Waals surface area contributed by atoms with Crippen molar-refractivity contribution in [2.45, 2.75) is 20.8 Å². The molecule has 0 aliphatic heterocycles. The molecular formula is C16H22N5OS+. The van der Waals surface area contributed by atoms with E-state index in [1.807, 2.05) is 41.4 Å². The molecule has 1 N–H and O–H groups in total. The van der Waals surface area contributed by atoms with Crippen molar-refractivity contribution in [1.29, 1.82) is 0 Å². The summed E-state index contributed by atoms with van der Waals surface area (Å²) in [5.41, 5.74) is 2.37. The van der Waals surface area contributed by atoms with Crippen LogP contribution in [-0.2, 0) is 11.8 Å². The van der Waals surface area contributed by atoms with Crippen LogP contribution < -0.4 is 14.8 Å². The smallest absolute Gasteiger partial charge is 0.372 e. The number of aryl methyl sites for hydroxylation is 1. The van der Waals surface area contributed by atoms with Gasteiger partial charge in [0.05, 0.1) is 17.8 Å². The van der Waals surface area contributed by atoms with Crippen molar-refractivity contribution in [2.75, 3.05) is 23.3 Å². The number of azo groups is 1. The molecule has 0 saturated heterocycles. The molecule has 0 unspecified atom stereocenters. The summed E-state index contributed by atoms with van der Waals surface area (Å²) in [6, 6.07) is 5.83. The van der Waals surface area contributed by atoms with Crippen LogP contribution in [-0.4, -0.2) is 19.0 Å². The maximum absolute atomic E-state index is 11.5. The van der Waals surface area contributed by atoms with E-state index in [-0.39, 0.29) is 5.91 Å². The second kappa shape index (κ2) is 7.82. The summed E-state index contributed by atoms with van der Waals surface area (Å²) in [6.45, 7) is 7.51. The molecule has 6 nitrogen and oxygen atoms in total. The van der Waals surface area contributed by atoms with E-state index in [4.69, 9.17) is 0 Å². The van der Waals surface area contributed by atoms with Crippen LogP contribution in [0.1, 0.15) is 20.8 Å². The number of rotatable bonds is 6. The molecule has 1 aromatic carbocycles. The van der Waals surface area contributed by atoms with Crippen LogP contribution in [0.5, 0.6) is 0 Å². The Morgan fingerprint density at radius 2 is 2.04 bits per heavy atom. The molecule has 0 saturated carbocycles. The van der Waals surface area contributed by atoms with Crippen LogP contribution in [0.2, 0.25) is 0 Å². The highest BCUT2D eigenvalue weighted by molar-refractivity contribution is 7.12. The Hall–Kier alpha value is -2.28. The lowest BCUT2D eigenvalue weighted by molar-refractivity contribution is -0.654. The molecule has 0 bridgehead atoms. The van der Waals surface area contributed by atoms with Gasteiger partial charge >= 0.3 is 5.13 Å². The van der Waals surface area contributed by atoms with E-state index < -0.39 is 0 Å². The summed E-state index contributed by atoms with van der Waals surface area (Å²) in [4.78, 5) is 13.7. The van der Waals surface area contributed by atoms with Crippen molar-refractivity contribution >= 4 is 39.4 Å². The summed E-state index contributed by atoms with van der Waals surface area (Å²) in [7, 11) is 1.92. The first-order valence-corrected chi connectivity index (χ1v) is 8.44. The van der Waals surface area contributed by atoms with E-state index in [2.05, 4.69) is 34.3 Å². The van der Waals surface area contributed by atoms with E-state index in [9.17, 15) is 4.79 Å². The third-order valence-corrected chi connectivity index (χ3v) is 4.26. The van der Waals surface area contributed by atoms with Crippen LogP contribution in [0, 0.1) is 0 Å². The number of amides is 1. The van der Waals surface area contributed by atoms with Gasteiger partial charge in [-0.1, -0.05) is 0 Å². The van der Waals surface area contributed by atoms with Gasteiger partial charge in [-0.2, -0.15) is 0 Å². The molecule has 0 spiro atoms. The fourth-order valence-corrected chi connectivity index (χ4v) is 2.89. The fraction of sp³-hybridized carbons (Fsp3) is 0.375. The number of anilines is 2. The molecule has 0 aliphatic rings. The Labute approximate surface area is 140 Å². The number of aromatic nitrogens is 1. The highest BCUT2D eigenvalue weighted by Gasteiger charge is 2.12. The van der Waals surface area contributed by atoms with Crippen molar-refractivity contribution < 1.29 is 9.36 Å². The average Bonchev–Trinajstić information content (AvgIpc) is 2.92. The van der Waals surface area contributed by atoms with Gasteiger partial charge in [-0.25, -0.2) is 4.57 Å². The van der Waals surface area contributed by atoms with E-state index in [1.54, 1.807) is 0 Å². The minimum atomic E-state index is -0.125. The Morgan fingerprint density at radius 1 is 1.30 bits per heavy atom. The normalized spacial score (nSPS) is 11.0. The molecule has 0 aliphatic carbocycles. The molecule has 1 aromatic heterocycles. The standard InChI is InChI=1S/C16H21N5OS/c1-5-21(6-2)13-7-8-14(15(11-13)17-12(3)22)18-19-16-20(4)9-10-23-16/h7-11H,5-6H2,1-4H3/p+1. The number of carbonyl (C=O) groups is 1. The van der Waals surface area contributed by atoms with Gasteiger partial charge in [0.1, 0.15) is 11.9 Å². The number of hydrogen-bond donors (Lipinski definition) is 1. The molecule has 2 rings (SSSR count). The molecule has 7 heteroatoms. The lowest BCUT2D eigenvalue weighted by atomic mass is 10.2. The van der Waals surface area contributed by atoms with E-state index in [1.165, 1.54) is 18.3 Å². The first-order chi connectivity index (χ1) is 11.0. The predicted octanol–water partition coefficient (Wildman–Crippen LogP) is 3.79. The van der Waals surface area contributed by atoms with Gasteiger partial charge in [0.25, 0.3) is 0 Å². The second-order valence-electron chi connectivity index (χ2n) is 5.05. The summed E-state index contributed by atoms with van der Waals surface area (Å²) >= 11 is 1.51. The largest absolute Gasteiger partial charge is 0.408 e. The topological polar surface area (TPSA) is 60.9 Å². The van der Waals surface area contributed by atoms with Crippen molar-refractivity contribution in [3.8, 4) is 0 Å². The zero-order chi connectivity index (χ0) is 16.8. The molecular weight excluding hydrogens is 310 g/mol. The minimum absolute atomic E-state index is 0.125. The zero-order valence-electron chi connectivity index (χ0n) is 13.9. The highest BCUT2D eigenvalue weighted by Crippen LogP contribution is 2.31. The SMILES string of the molecule is CCN(CC)c1ccc(N=Nc2scc[n+]2C)c(NC(C)=O)c1. The van der Waals surface area contributed by atoms with Crippen LogP contribution in [0.4, 0.5) is 22.2 Å². The summed E-state index contributed by atoms with van der Waals surface area (Å²) in [5.74, 6) is -0.125. The molecule has 23 heavy (non-hydrogen) atoms. The van der Waals surface area contributed by atoms with Crippen LogP contribution in [0.25, 0.3) is 0 Å². The first kappa shape index (κ1) is 17.1. The van der Waals surface area contributed by atoms with Crippen LogP contribution >= 0.6 is 11.3 Å². The number of thiazole rings is 1. The molecule has 0 radical (unpaired) electrons. The monoisotopic (exact) mass is 332 g/mol. The fourth-order valence-electron chi connectivity index (χ4n) is 2.21. The lowest BCUT2D eigenvalue weighted by Crippen LogP contribution is -2.23. The second-order valence-corrected chi connectivity index (χ2v) is 5.92. The van der Waals surface area contributed by atoms with Gasteiger partial charge in [-0.3, -0.25) is 4.79 Å². The Balaban J connectivity index is 2.36. The maximum Gasteiger partial charge on any atom is 0.408 e. The summed E-state index contributed by atoms with van der Waals surface area (Å²) in [5, 5.41) is 14.1. The molecule has 0 atom stereocenters. The van der Waals surface area contributed by atoms with Gasteiger partial charge in [0.15, 0.2) is 0 Å². The molecule has 1 amide bonds. The van der Waals surface area contributed by atoms with Crippen LogP contribution in [0.3, 0.4) is 0 Å². The Bertz CT molecular complexity index is 706. The molecule has 2 aromatic rings. The third kappa shape index (κ3) is 4.35. The van der Waals surface area contributed by atoms with E-state index in [0.29, 0.717) is 11.4 Å². The van der Waals surface area contributed by atoms with E-state index >= 15 is 0 Å². The highest BCUT2D eigenvalue weighted by atomic mass is 32.1. The van der Waals surface area contributed by atoms with Gasteiger partial charge in [-0.15, -0.1) is 0 Å². The minimum Gasteiger partial charge on any atom is -0.372 e. The first-order valence-electron chi connectivity index (χ1n) is 7.56. The van der Waals surface area contributed by atoms with Crippen LogP contribution in [0.15, 0.2) is 40.0 Å². The predicted molar refractivity (Wildman–Crippen MR) is 94.0 cm³/mol. The Morgan fingerprint density at radius 3 is 2.61 bits per heavy atom. The summed E-state index contributed by atoms with van der Waals surface area (Å²) < 4.78 is 1.90. The quantitative estimate of drug-likeness (QED) is 0.646. The number of nitrogens with one attached hydrogen (secondary N) is 1. The van der Waals surface area contributed by atoms with Crippen molar-refractivity contribution in [1.82, 2.24) is 0 Å². The Kier molecular flexibility index (Phi) is 5.81. The lowest BCUT2D eigenvalue weighted by Gasteiger charge is -2.21. The average molecular weight is 332 g/mol. The van der Waals surface area contributed by atoms with Crippen molar-refractivity contribution in [3.05, 3.63) is 29.8 Å². The zero-order valence-corrected chi connectivity index (χ0v) is 14.7. The number of nitrogens with zero attached hydrogens (tertiary/aromatic N) is 4. The maximum atomic E-state index is 11.5. The third-order valence-electron chi connectivity index (χ3n) is 3.42.